The molecule has 1 N–H and O–H groups in total. The third-order valence-corrected chi connectivity index (χ3v) is 6.86. The fourth-order valence-corrected chi connectivity index (χ4v) is 4.71. The summed E-state index contributed by atoms with van der Waals surface area (Å²) in [6.45, 7) is 7.28. The molecule has 7 heteroatoms. The molecule has 0 radical (unpaired) electrons. The summed E-state index contributed by atoms with van der Waals surface area (Å²) in [5, 5.41) is 14.4. The lowest BCUT2D eigenvalue weighted by Gasteiger charge is -2.17. The van der Waals surface area contributed by atoms with Crippen LogP contribution in [0.1, 0.15) is 81.9 Å². The molecule has 0 spiro atoms. The Morgan fingerprint density at radius 1 is 0.838 bits per heavy atom. The van der Waals surface area contributed by atoms with Crippen molar-refractivity contribution >= 4 is 0 Å². The number of benzene rings is 2. The number of rotatable bonds is 13. The summed E-state index contributed by atoms with van der Waals surface area (Å²) in [6, 6.07) is 16.5. The number of nitrogens with zero attached hydrogens (tertiary/aromatic N) is 5. The van der Waals surface area contributed by atoms with Crippen LogP contribution in [0.2, 0.25) is 0 Å². The number of hydrogen-bond acceptors (Lipinski definition) is 5. The second kappa shape index (κ2) is 13.1. The van der Waals surface area contributed by atoms with Crippen molar-refractivity contribution in [2.24, 2.45) is 0 Å². The van der Waals surface area contributed by atoms with Crippen molar-refractivity contribution in [3.05, 3.63) is 81.5 Å². The molecule has 0 saturated carbocycles. The lowest BCUT2D eigenvalue weighted by molar-refractivity contribution is 0.548. The van der Waals surface area contributed by atoms with Crippen molar-refractivity contribution in [1.82, 2.24) is 30.2 Å². The zero-order valence-electron chi connectivity index (χ0n) is 22.3. The van der Waals surface area contributed by atoms with E-state index >= 15 is 0 Å². The third-order valence-electron chi connectivity index (χ3n) is 6.86. The van der Waals surface area contributed by atoms with Gasteiger partial charge in [0.1, 0.15) is 5.82 Å². The predicted molar refractivity (Wildman–Crippen MR) is 148 cm³/mol. The Kier molecular flexibility index (Phi) is 9.35. The Morgan fingerprint density at radius 2 is 1.54 bits per heavy atom. The van der Waals surface area contributed by atoms with E-state index in [4.69, 9.17) is 4.98 Å². The Balaban J connectivity index is 1.67. The van der Waals surface area contributed by atoms with Crippen LogP contribution >= 0.6 is 0 Å². The fourth-order valence-electron chi connectivity index (χ4n) is 4.71. The third kappa shape index (κ3) is 6.40. The molecule has 4 rings (SSSR count). The highest BCUT2D eigenvalue weighted by Crippen LogP contribution is 2.30. The molecule has 7 nitrogen and oxygen atoms in total. The van der Waals surface area contributed by atoms with E-state index < -0.39 is 0 Å². The van der Waals surface area contributed by atoms with Gasteiger partial charge in [0.05, 0.1) is 5.69 Å². The van der Waals surface area contributed by atoms with Gasteiger partial charge in [-0.15, -0.1) is 5.10 Å². The SMILES string of the molecule is CCCCc1nc(CCCC)n(CCCC)c(=O)c1Cc1ccc(-c2ccccc2-c2nnn[nH]2)cc1. The molecule has 0 unspecified atom stereocenters. The molecule has 4 aromatic rings. The van der Waals surface area contributed by atoms with E-state index in [2.05, 4.69) is 71.7 Å². The summed E-state index contributed by atoms with van der Waals surface area (Å²) in [5.74, 6) is 1.60. The molecule has 0 aliphatic rings. The first-order valence-electron chi connectivity index (χ1n) is 13.7. The van der Waals surface area contributed by atoms with Gasteiger partial charge >= 0.3 is 0 Å². The number of nitrogens with one attached hydrogen (secondary N) is 1. The van der Waals surface area contributed by atoms with Crippen LogP contribution < -0.4 is 5.56 Å². The molecule has 2 aromatic heterocycles. The lowest BCUT2D eigenvalue weighted by atomic mass is 9.96. The Morgan fingerprint density at radius 3 is 2.22 bits per heavy atom. The molecule has 0 atom stereocenters. The zero-order chi connectivity index (χ0) is 26.0. The fraction of sp³-hybridized carbons (Fsp3) is 0.433. The summed E-state index contributed by atoms with van der Waals surface area (Å²) in [4.78, 5) is 18.9. The van der Waals surface area contributed by atoms with Crippen molar-refractivity contribution in [2.75, 3.05) is 0 Å². The molecule has 0 fully saturated rings. The van der Waals surface area contributed by atoms with E-state index in [9.17, 15) is 4.79 Å². The number of tetrazole rings is 1. The smallest absolute Gasteiger partial charge is 0.257 e. The normalized spacial score (nSPS) is 11.2. The molecule has 2 aromatic carbocycles. The van der Waals surface area contributed by atoms with Crippen molar-refractivity contribution in [3.8, 4) is 22.5 Å². The average molecular weight is 499 g/mol. The monoisotopic (exact) mass is 498 g/mol. The Bertz CT molecular complexity index is 1330. The van der Waals surface area contributed by atoms with Gasteiger partial charge in [-0.1, -0.05) is 88.6 Å². The van der Waals surface area contributed by atoms with E-state index in [0.717, 1.165) is 97.2 Å². The van der Waals surface area contributed by atoms with Gasteiger partial charge in [-0.2, -0.15) is 0 Å². The maximum atomic E-state index is 13.8. The second-order valence-corrected chi connectivity index (χ2v) is 9.64. The zero-order valence-corrected chi connectivity index (χ0v) is 22.3. The van der Waals surface area contributed by atoms with Crippen LogP contribution in [0.15, 0.2) is 53.3 Å². The van der Waals surface area contributed by atoms with Crippen LogP contribution in [-0.4, -0.2) is 30.2 Å². The van der Waals surface area contributed by atoms with Crippen LogP contribution in [0.5, 0.6) is 0 Å². The summed E-state index contributed by atoms with van der Waals surface area (Å²) in [6.07, 6.45) is 8.63. The van der Waals surface area contributed by atoms with E-state index in [1.54, 1.807) is 0 Å². The van der Waals surface area contributed by atoms with Crippen molar-refractivity contribution in [1.29, 1.82) is 0 Å². The standard InChI is InChI=1S/C30H38N6O/c1-4-7-14-27-26(30(37)36(20-9-6-3)28(31-27)15-8-5-2)21-22-16-18-23(19-17-22)24-12-10-11-13-25(24)29-32-34-35-33-29/h10-13,16-19H,4-9,14-15,20-21H2,1-3H3,(H,32,33,34,35). The number of H-pyrrole nitrogens is 1. The molecule has 0 aliphatic carbocycles. The summed E-state index contributed by atoms with van der Waals surface area (Å²) < 4.78 is 1.96. The molecule has 0 bridgehead atoms. The molecule has 0 amide bonds. The summed E-state index contributed by atoms with van der Waals surface area (Å²) >= 11 is 0. The average Bonchev–Trinajstić information content (AvgIpc) is 3.47. The van der Waals surface area contributed by atoms with Gasteiger partial charge in [0, 0.05) is 30.5 Å². The first-order chi connectivity index (χ1) is 18.2. The molecular formula is C30H38N6O. The molecule has 37 heavy (non-hydrogen) atoms. The highest BCUT2D eigenvalue weighted by Gasteiger charge is 2.17. The first-order valence-corrected chi connectivity index (χ1v) is 13.7. The van der Waals surface area contributed by atoms with E-state index in [-0.39, 0.29) is 5.56 Å². The number of aromatic nitrogens is 6. The quantitative estimate of drug-likeness (QED) is 0.238. The maximum absolute atomic E-state index is 13.8. The van der Waals surface area contributed by atoms with Gasteiger partial charge in [0.25, 0.3) is 5.56 Å². The highest BCUT2D eigenvalue weighted by atomic mass is 16.1. The van der Waals surface area contributed by atoms with Crippen LogP contribution in [0.25, 0.3) is 22.5 Å². The minimum absolute atomic E-state index is 0.146. The van der Waals surface area contributed by atoms with Crippen LogP contribution in [-0.2, 0) is 25.8 Å². The predicted octanol–water partition coefficient (Wildman–Crippen LogP) is 6.17. The number of hydrogen-bond donors (Lipinski definition) is 1. The van der Waals surface area contributed by atoms with Crippen LogP contribution in [0, 0.1) is 0 Å². The number of aromatic amines is 1. The minimum atomic E-state index is 0.146. The maximum Gasteiger partial charge on any atom is 0.257 e. The van der Waals surface area contributed by atoms with Crippen molar-refractivity contribution in [3.63, 3.8) is 0 Å². The molecule has 0 saturated heterocycles. The number of aryl methyl sites for hydroxylation is 2. The molecule has 2 heterocycles. The van der Waals surface area contributed by atoms with Gasteiger partial charge < -0.3 is 0 Å². The van der Waals surface area contributed by atoms with Gasteiger partial charge in [-0.25, -0.2) is 10.1 Å². The van der Waals surface area contributed by atoms with Crippen LogP contribution in [0.3, 0.4) is 0 Å². The first kappa shape index (κ1) is 26.5. The van der Waals surface area contributed by atoms with Crippen LogP contribution in [0.4, 0.5) is 0 Å². The van der Waals surface area contributed by atoms with Gasteiger partial charge in [-0.3, -0.25) is 9.36 Å². The lowest BCUT2D eigenvalue weighted by Crippen LogP contribution is -2.31. The van der Waals surface area contributed by atoms with Gasteiger partial charge in [-0.05, 0) is 52.8 Å². The summed E-state index contributed by atoms with van der Waals surface area (Å²) in [5.41, 5.74) is 6.18. The van der Waals surface area contributed by atoms with E-state index in [0.29, 0.717) is 12.2 Å². The minimum Gasteiger partial charge on any atom is -0.296 e. The summed E-state index contributed by atoms with van der Waals surface area (Å²) in [7, 11) is 0. The molecular weight excluding hydrogens is 460 g/mol. The van der Waals surface area contributed by atoms with Gasteiger partial charge in [0.15, 0.2) is 5.82 Å². The van der Waals surface area contributed by atoms with Crippen molar-refractivity contribution < 1.29 is 0 Å². The second-order valence-electron chi connectivity index (χ2n) is 9.64. The van der Waals surface area contributed by atoms with Gasteiger partial charge in [0.2, 0.25) is 0 Å². The van der Waals surface area contributed by atoms with E-state index in [1.165, 1.54) is 0 Å². The topological polar surface area (TPSA) is 89.3 Å². The number of unbranched alkanes of at least 4 members (excludes halogenated alkanes) is 3. The molecule has 0 aliphatic heterocycles. The Hall–Kier alpha value is -3.61. The largest absolute Gasteiger partial charge is 0.296 e. The Labute approximate surface area is 219 Å². The van der Waals surface area contributed by atoms with E-state index in [1.807, 2.05) is 22.8 Å². The molecule has 194 valence electrons. The highest BCUT2D eigenvalue weighted by molar-refractivity contribution is 5.80. The van der Waals surface area contributed by atoms with Crippen molar-refractivity contribution in [2.45, 2.75) is 85.1 Å².